The van der Waals surface area contributed by atoms with Crippen molar-refractivity contribution in [2.75, 3.05) is 5.32 Å². The molecule has 0 bridgehead atoms. The Kier molecular flexibility index (Phi) is 2.62. The average molecular weight is 204 g/mol. The molecule has 0 radical (unpaired) electrons. The molecule has 5 nitrogen and oxygen atoms in total. The van der Waals surface area contributed by atoms with Crippen molar-refractivity contribution in [1.82, 2.24) is 15.0 Å². The topological polar surface area (TPSA) is 63.8 Å². The molecule has 5 heteroatoms. The molecule has 78 valence electrons. The number of anilines is 1. The maximum absolute atomic E-state index is 5.40. The standard InChI is InChI=1S/C10H12N4O/c1-7-5-13-10(15-7)8(2)14-9-6-11-3-4-12-9/h3-6,8H,1-2H3,(H,12,14). The van der Waals surface area contributed by atoms with E-state index in [0.29, 0.717) is 11.7 Å². The summed E-state index contributed by atoms with van der Waals surface area (Å²) >= 11 is 0. The van der Waals surface area contributed by atoms with Crippen LogP contribution in [0, 0.1) is 6.92 Å². The van der Waals surface area contributed by atoms with Crippen LogP contribution in [0.1, 0.15) is 24.6 Å². The lowest BCUT2D eigenvalue weighted by atomic mass is 10.3. The van der Waals surface area contributed by atoms with Gasteiger partial charge in [0.2, 0.25) is 5.89 Å². The van der Waals surface area contributed by atoms with Crippen LogP contribution in [0.25, 0.3) is 0 Å². The van der Waals surface area contributed by atoms with Gasteiger partial charge in [-0.25, -0.2) is 9.97 Å². The largest absolute Gasteiger partial charge is 0.444 e. The molecule has 2 aromatic rings. The van der Waals surface area contributed by atoms with E-state index in [1.54, 1.807) is 24.8 Å². The summed E-state index contributed by atoms with van der Waals surface area (Å²) < 4.78 is 5.40. The van der Waals surface area contributed by atoms with Crippen LogP contribution in [0.5, 0.6) is 0 Å². The van der Waals surface area contributed by atoms with Crippen molar-refractivity contribution in [2.45, 2.75) is 19.9 Å². The lowest BCUT2D eigenvalue weighted by molar-refractivity contribution is 0.453. The van der Waals surface area contributed by atoms with Gasteiger partial charge in [0.15, 0.2) is 0 Å². The number of rotatable bonds is 3. The maximum Gasteiger partial charge on any atom is 0.216 e. The van der Waals surface area contributed by atoms with Gasteiger partial charge in [-0.3, -0.25) is 4.98 Å². The van der Waals surface area contributed by atoms with Gasteiger partial charge in [-0.05, 0) is 13.8 Å². The third kappa shape index (κ3) is 2.31. The Morgan fingerprint density at radius 3 is 2.73 bits per heavy atom. The number of nitrogens with one attached hydrogen (secondary N) is 1. The van der Waals surface area contributed by atoms with E-state index in [0.717, 1.165) is 5.76 Å². The van der Waals surface area contributed by atoms with Gasteiger partial charge in [-0.2, -0.15) is 0 Å². The van der Waals surface area contributed by atoms with Gasteiger partial charge in [0.1, 0.15) is 17.6 Å². The SMILES string of the molecule is Cc1cnc(C(C)Nc2cnccn2)o1. The van der Waals surface area contributed by atoms with Crippen molar-refractivity contribution >= 4 is 5.82 Å². The second-order valence-electron chi connectivity index (χ2n) is 3.27. The Balaban J connectivity index is 2.07. The summed E-state index contributed by atoms with van der Waals surface area (Å²) in [5, 5.41) is 3.14. The first-order valence-electron chi connectivity index (χ1n) is 4.70. The van der Waals surface area contributed by atoms with Gasteiger partial charge in [0, 0.05) is 12.4 Å². The van der Waals surface area contributed by atoms with Crippen LogP contribution in [0.15, 0.2) is 29.2 Å². The second-order valence-corrected chi connectivity index (χ2v) is 3.27. The lowest BCUT2D eigenvalue weighted by Crippen LogP contribution is -2.08. The molecule has 0 amide bonds. The molecule has 0 aliphatic rings. The van der Waals surface area contributed by atoms with Crippen molar-refractivity contribution < 1.29 is 4.42 Å². The molecule has 0 saturated heterocycles. The molecule has 2 aromatic heterocycles. The fourth-order valence-electron chi connectivity index (χ4n) is 1.23. The summed E-state index contributed by atoms with van der Waals surface area (Å²) in [6, 6.07) is -0.0181. The molecule has 0 spiro atoms. The van der Waals surface area contributed by atoms with Crippen LogP contribution < -0.4 is 5.32 Å². The minimum absolute atomic E-state index is 0.0181. The minimum atomic E-state index is -0.0181. The summed E-state index contributed by atoms with van der Waals surface area (Å²) in [4.78, 5) is 12.2. The van der Waals surface area contributed by atoms with Crippen molar-refractivity contribution in [2.24, 2.45) is 0 Å². The van der Waals surface area contributed by atoms with Crippen molar-refractivity contribution in [3.8, 4) is 0 Å². The van der Waals surface area contributed by atoms with Crippen LogP contribution >= 0.6 is 0 Å². The van der Waals surface area contributed by atoms with E-state index in [1.165, 1.54) is 0 Å². The van der Waals surface area contributed by atoms with Crippen molar-refractivity contribution in [3.05, 3.63) is 36.4 Å². The van der Waals surface area contributed by atoms with Crippen LogP contribution in [-0.4, -0.2) is 15.0 Å². The summed E-state index contributed by atoms with van der Waals surface area (Å²) in [5.74, 6) is 2.16. The van der Waals surface area contributed by atoms with E-state index in [4.69, 9.17) is 4.42 Å². The van der Waals surface area contributed by atoms with Crippen LogP contribution in [0.3, 0.4) is 0 Å². The highest BCUT2D eigenvalue weighted by atomic mass is 16.4. The monoisotopic (exact) mass is 204 g/mol. The highest BCUT2D eigenvalue weighted by Crippen LogP contribution is 2.16. The fraction of sp³-hybridized carbons (Fsp3) is 0.300. The van der Waals surface area contributed by atoms with Gasteiger partial charge in [-0.15, -0.1) is 0 Å². The van der Waals surface area contributed by atoms with Crippen LogP contribution in [-0.2, 0) is 0 Å². The molecule has 1 unspecified atom stereocenters. The summed E-state index contributed by atoms with van der Waals surface area (Å²) in [5.41, 5.74) is 0. The van der Waals surface area contributed by atoms with Gasteiger partial charge < -0.3 is 9.73 Å². The van der Waals surface area contributed by atoms with E-state index >= 15 is 0 Å². The zero-order chi connectivity index (χ0) is 10.7. The van der Waals surface area contributed by atoms with E-state index in [9.17, 15) is 0 Å². The van der Waals surface area contributed by atoms with Gasteiger partial charge in [-0.1, -0.05) is 0 Å². The molecular formula is C10H12N4O. The molecule has 0 aliphatic carbocycles. The van der Waals surface area contributed by atoms with E-state index < -0.39 is 0 Å². The quantitative estimate of drug-likeness (QED) is 0.827. The van der Waals surface area contributed by atoms with Gasteiger partial charge >= 0.3 is 0 Å². The first kappa shape index (κ1) is 9.64. The molecule has 2 heterocycles. The van der Waals surface area contributed by atoms with Crippen LogP contribution in [0.4, 0.5) is 5.82 Å². The summed E-state index contributed by atoms with van der Waals surface area (Å²) in [6.07, 6.45) is 6.62. The number of hydrogen-bond acceptors (Lipinski definition) is 5. The second kappa shape index (κ2) is 4.08. The molecular weight excluding hydrogens is 192 g/mol. The van der Waals surface area contributed by atoms with E-state index in [1.807, 2.05) is 13.8 Å². The maximum atomic E-state index is 5.40. The first-order valence-corrected chi connectivity index (χ1v) is 4.70. The lowest BCUT2D eigenvalue weighted by Gasteiger charge is -2.09. The molecule has 0 aliphatic heterocycles. The zero-order valence-corrected chi connectivity index (χ0v) is 8.64. The molecule has 1 N–H and O–H groups in total. The average Bonchev–Trinajstić information content (AvgIpc) is 2.66. The Hall–Kier alpha value is -1.91. The summed E-state index contributed by atoms with van der Waals surface area (Å²) in [7, 11) is 0. The highest BCUT2D eigenvalue weighted by molar-refractivity contribution is 5.32. The Labute approximate surface area is 87.6 Å². The Morgan fingerprint density at radius 1 is 1.27 bits per heavy atom. The Morgan fingerprint density at radius 2 is 2.13 bits per heavy atom. The van der Waals surface area contributed by atoms with Crippen molar-refractivity contribution in [3.63, 3.8) is 0 Å². The fourth-order valence-corrected chi connectivity index (χ4v) is 1.23. The number of nitrogens with zero attached hydrogens (tertiary/aromatic N) is 3. The number of aryl methyl sites for hydroxylation is 1. The predicted molar refractivity (Wildman–Crippen MR) is 55.3 cm³/mol. The molecule has 1 atom stereocenters. The zero-order valence-electron chi connectivity index (χ0n) is 8.64. The normalized spacial score (nSPS) is 12.4. The molecule has 0 saturated carbocycles. The Bertz CT molecular complexity index is 426. The number of hydrogen-bond donors (Lipinski definition) is 1. The van der Waals surface area contributed by atoms with E-state index in [2.05, 4.69) is 20.3 Å². The smallest absolute Gasteiger partial charge is 0.216 e. The van der Waals surface area contributed by atoms with E-state index in [-0.39, 0.29) is 6.04 Å². The third-order valence-electron chi connectivity index (χ3n) is 1.94. The molecule has 15 heavy (non-hydrogen) atoms. The van der Waals surface area contributed by atoms with Gasteiger partial charge in [0.05, 0.1) is 12.4 Å². The molecule has 2 rings (SSSR count). The number of oxazole rings is 1. The van der Waals surface area contributed by atoms with Crippen molar-refractivity contribution in [1.29, 1.82) is 0 Å². The summed E-state index contributed by atoms with van der Waals surface area (Å²) in [6.45, 7) is 3.82. The predicted octanol–water partition coefficient (Wildman–Crippen LogP) is 1.95. The van der Waals surface area contributed by atoms with Gasteiger partial charge in [0.25, 0.3) is 0 Å². The highest BCUT2D eigenvalue weighted by Gasteiger charge is 2.11. The minimum Gasteiger partial charge on any atom is -0.444 e. The first-order chi connectivity index (χ1) is 7.25. The third-order valence-corrected chi connectivity index (χ3v) is 1.94. The van der Waals surface area contributed by atoms with Crippen LogP contribution in [0.2, 0.25) is 0 Å². The molecule has 0 aromatic carbocycles. The molecule has 0 fully saturated rings. The number of aromatic nitrogens is 3.